The number of ether oxygens (including phenoxy) is 3. The number of fused-ring (bicyclic) bond motifs is 2. The molecule has 0 spiro atoms. The average molecular weight is 585 g/mol. The molecule has 4 aliphatic heterocycles. The van der Waals surface area contributed by atoms with Crippen molar-refractivity contribution in [1.29, 1.82) is 0 Å². The molecule has 212 valence electrons. The number of allylic oxidation sites excluding steroid dienone is 2. The molecule has 4 atom stereocenters. The van der Waals surface area contributed by atoms with Gasteiger partial charge in [0.05, 0.1) is 29.9 Å². The Balaban J connectivity index is 1.04. The first kappa shape index (κ1) is 26.5. The highest BCUT2D eigenvalue weighted by atomic mass is 35.5. The van der Waals surface area contributed by atoms with Crippen molar-refractivity contribution in [2.45, 2.75) is 80.4 Å². The summed E-state index contributed by atoms with van der Waals surface area (Å²) in [7, 11) is 0. The zero-order valence-electron chi connectivity index (χ0n) is 22.4. The van der Waals surface area contributed by atoms with Crippen LogP contribution < -0.4 is 0 Å². The topological polar surface area (TPSA) is 98.9 Å². The standard InChI is InChI=1S/C29H33ClN4O5S/c1-29(24-6-5-18(30)14-31-24)38-22-4-2-3-20(26(22)39-29)17-7-10-33(11-8-17)16-25-32-27-21(13-23(40-27)28(35)36)34(25)15-19-9-12-37-19/h2-3,5-6,14,17,19,22-23H,4,7-13,15-16H2,1H3,(H,35,36). The van der Waals surface area contributed by atoms with Gasteiger partial charge in [0, 0.05) is 26.1 Å². The molecule has 0 aromatic carbocycles. The number of aromatic nitrogens is 3. The van der Waals surface area contributed by atoms with Crippen LogP contribution in [0.3, 0.4) is 0 Å². The van der Waals surface area contributed by atoms with E-state index in [0.717, 1.165) is 86.5 Å². The number of likely N-dealkylation sites (tertiary alicyclic amines) is 1. The fourth-order valence-electron chi connectivity index (χ4n) is 6.39. The molecule has 9 nitrogen and oxygen atoms in total. The van der Waals surface area contributed by atoms with Gasteiger partial charge in [0.2, 0.25) is 0 Å². The van der Waals surface area contributed by atoms with Crippen LogP contribution in [0.15, 0.2) is 46.8 Å². The van der Waals surface area contributed by atoms with Gasteiger partial charge in [-0.05, 0) is 62.4 Å². The molecule has 3 saturated heterocycles. The maximum atomic E-state index is 11.6. The normalized spacial score (nSPS) is 30.2. The van der Waals surface area contributed by atoms with E-state index in [-0.39, 0.29) is 12.2 Å². The van der Waals surface area contributed by atoms with Crippen molar-refractivity contribution in [2.75, 3.05) is 19.7 Å². The number of carboxylic acid groups (broad SMARTS) is 1. The monoisotopic (exact) mass is 584 g/mol. The largest absolute Gasteiger partial charge is 0.480 e. The summed E-state index contributed by atoms with van der Waals surface area (Å²) >= 11 is 7.43. The zero-order valence-corrected chi connectivity index (χ0v) is 24.0. The summed E-state index contributed by atoms with van der Waals surface area (Å²) in [5.74, 6) is 0.664. The van der Waals surface area contributed by atoms with E-state index in [9.17, 15) is 9.90 Å². The van der Waals surface area contributed by atoms with Crippen molar-refractivity contribution in [2.24, 2.45) is 5.92 Å². The number of aliphatic carboxylic acids is 1. The molecular formula is C29H33ClN4O5S. The molecule has 2 aromatic heterocycles. The summed E-state index contributed by atoms with van der Waals surface area (Å²) in [6.07, 6.45) is 10.5. The first-order chi connectivity index (χ1) is 19.4. The number of carbonyl (C=O) groups is 1. The number of rotatable bonds is 7. The summed E-state index contributed by atoms with van der Waals surface area (Å²) in [5, 5.41) is 10.5. The fourth-order valence-corrected chi connectivity index (χ4v) is 7.60. The Morgan fingerprint density at radius 2 is 2.10 bits per heavy atom. The Labute approximate surface area is 242 Å². The summed E-state index contributed by atoms with van der Waals surface area (Å²) in [5.41, 5.74) is 3.02. The smallest absolute Gasteiger partial charge is 0.317 e. The molecule has 5 aliphatic rings. The van der Waals surface area contributed by atoms with Gasteiger partial charge in [-0.15, -0.1) is 0 Å². The van der Waals surface area contributed by atoms with Gasteiger partial charge in [0.25, 0.3) is 5.79 Å². The molecule has 2 aromatic rings. The second kappa shape index (κ2) is 10.5. The summed E-state index contributed by atoms with van der Waals surface area (Å²) in [6.45, 7) is 6.16. The van der Waals surface area contributed by atoms with Crippen molar-refractivity contribution in [3.63, 3.8) is 0 Å². The Morgan fingerprint density at radius 1 is 1.27 bits per heavy atom. The molecule has 3 fully saturated rings. The van der Waals surface area contributed by atoms with E-state index in [0.29, 0.717) is 17.4 Å². The highest BCUT2D eigenvalue weighted by Gasteiger charge is 2.46. The Bertz CT molecular complexity index is 1370. The van der Waals surface area contributed by atoms with Crippen LogP contribution in [0.2, 0.25) is 5.02 Å². The number of hydrogen-bond donors (Lipinski definition) is 1. The van der Waals surface area contributed by atoms with Crippen LogP contribution in [-0.2, 0) is 44.3 Å². The molecule has 1 aliphatic carbocycles. The Morgan fingerprint density at radius 3 is 2.80 bits per heavy atom. The highest BCUT2D eigenvalue weighted by molar-refractivity contribution is 8.00. The summed E-state index contributed by atoms with van der Waals surface area (Å²) in [4.78, 5) is 23.5. The molecule has 4 unspecified atom stereocenters. The lowest BCUT2D eigenvalue weighted by Gasteiger charge is -2.34. The van der Waals surface area contributed by atoms with E-state index in [4.69, 9.17) is 30.8 Å². The second-order valence-electron chi connectivity index (χ2n) is 11.3. The van der Waals surface area contributed by atoms with Crippen molar-refractivity contribution in [3.8, 4) is 0 Å². The Kier molecular flexibility index (Phi) is 6.95. The molecule has 0 saturated carbocycles. The number of thioether (sulfide) groups is 1. The fraction of sp³-hybridized carbons (Fsp3) is 0.552. The highest BCUT2D eigenvalue weighted by Crippen LogP contribution is 2.45. The maximum absolute atomic E-state index is 11.6. The average Bonchev–Trinajstić information content (AvgIpc) is 3.58. The van der Waals surface area contributed by atoms with E-state index in [1.54, 1.807) is 6.20 Å². The number of piperidine rings is 1. The minimum absolute atomic E-state index is 0.101. The first-order valence-electron chi connectivity index (χ1n) is 14.1. The van der Waals surface area contributed by atoms with Gasteiger partial charge >= 0.3 is 5.97 Å². The molecule has 11 heteroatoms. The molecule has 1 N–H and O–H groups in total. The number of hydrogen-bond acceptors (Lipinski definition) is 8. The third-order valence-corrected chi connectivity index (χ3v) is 10.1. The van der Waals surface area contributed by atoms with Gasteiger partial charge in [-0.1, -0.05) is 35.5 Å². The maximum Gasteiger partial charge on any atom is 0.317 e. The quantitative estimate of drug-likeness (QED) is 0.503. The van der Waals surface area contributed by atoms with E-state index in [2.05, 4.69) is 26.6 Å². The predicted molar refractivity (Wildman–Crippen MR) is 149 cm³/mol. The van der Waals surface area contributed by atoms with Crippen LogP contribution in [0, 0.1) is 5.92 Å². The number of carboxylic acids is 1. The minimum Gasteiger partial charge on any atom is -0.480 e. The van der Waals surface area contributed by atoms with Crippen LogP contribution in [0.25, 0.3) is 0 Å². The molecular weight excluding hydrogens is 552 g/mol. The lowest BCUT2D eigenvalue weighted by Crippen LogP contribution is -2.37. The van der Waals surface area contributed by atoms with Gasteiger partial charge in [0.1, 0.15) is 33.7 Å². The van der Waals surface area contributed by atoms with Gasteiger partial charge in [-0.3, -0.25) is 14.7 Å². The number of imidazole rings is 1. The van der Waals surface area contributed by atoms with E-state index < -0.39 is 17.0 Å². The second-order valence-corrected chi connectivity index (χ2v) is 13.0. The number of pyridine rings is 1. The molecule has 7 rings (SSSR count). The third-order valence-electron chi connectivity index (χ3n) is 8.68. The van der Waals surface area contributed by atoms with E-state index in [1.165, 1.54) is 17.3 Å². The molecule has 40 heavy (non-hydrogen) atoms. The van der Waals surface area contributed by atoms with Gasteiger partial charge in [0.15, 0.2) is 0 Å². The predicted octanol–water partition coefficient (Wildman–Crippen LogP) is 4.54. The Hall–Kier alpha value is -2.37. The van der Waals surface area contributed by atoms with Crippen molar-refractivity contribution in [3.05, 3.63) is 64.0 Å². The van der Waals surface area contributed by atoms with Crippen LogP contribution in [0.5, 0.6) is 0 Å². The van der Waals surface area contributed by atoms with Crippen LogP contribution in [0.1, 0.15) is 49.8 Å². The summed E-state index contributed by atoms with van der Waals surface area (Å²) < 4.78 is 20.9. The SMILES string of the molecule is CC1(c2ccc(Cl)cn2)OC2=C(C3CCN(Cc4nc5c(n4CC4CCO4)CC(C(=O)O)S5)CC3)C=CCC2O1. The van der Waals surface area contributed by atoms with Crippen LogP contribution in [-0.4, -0.2) is 67.7 Å². The van der Waals surface area contributed by atoms with Crippen molar-refractivity contribution in [1.82, 2.24) is 19.4 Å². The van der Waals surface area contributed by atoms with Crippen molar-refractivity contribution >= 4 is 29.3 Å². The van der Waals surface area contributed by atoms with Gasteiger partial charge in [-0.2, -0.15) is 0 Å². The number of nitrogens with zero attached hydrogens (tertiary/aromatic N) is 4. The van der Waals surface area contributed by atoms with Crippen LogP contribution in [0.4, 0.5) is 0 Å². The summed E-state index contributed by atoms with van der Waals surface area (Å²) in [6, 6.07) is 3.68. The third kappa shape index (κ3) is 4.87. The van der Waals surface area contributed by atoms with Crippen LogP contribution >= 0.6 is 23.4 Å². The van der Waals surface area contributed by atoms with Crippen molar-refractivity contribution < 1.29 is 24.1 Å². The zero-order chi connectivity index (χ0) is 27.4. The molecule has 0 bridgehead atoms. The first-order valence-corrected chi connectivity index (χ1v) is 15.3. The van der Waals surface area contributed by atoms with Gasteiger partial charge in [-0.25, -0.2) is 4.98 Å². The molecule has 6 heterocycles. The minimum atomic E-state index is -0.929. The lowest BCUT2D eigenvalue weighted by atomic mass is 9.85. The number of halogens is 1. The van der Waals surface area contributed by atoms with Gasteiger partial charge < -0.3 is 23.9 Å². The molecule has 0 radical (unpaired) electrons. The van der Waals surface area contributed by atoms with E-state index >= 15 is 0 Å². The van der Waals surface area contributed by atoms with E-state index in [1.807, 2.05) is 19.1 Å². The molecule has 0 amide bonds. The lowest BCUT2D eigenvalue weighted by molar-refractivity contribution is -0.158.